The molecule has 8 heteroatoms. The minimum atomic E-state index is -4.48. The van der Waals surface area contributed by atoms with Gasteiger partial charge in [0.1, 0.15) is 5.37 Å². The molecule has 2 nitrogen and oxygen atoms in total. The number of thioether (sulfide) groups is 1. The monoisotopic (exact) mass is 391 g/mol. The Morgan fingerprint density at radius 3 is 2.54 bits per heavy atom. The SMILES string of the molecule is O=C1CSC(c2cccc(Cl)c2Cl)N1c1cccc(C(F)(F)F)c1. The topological polar surface area (TPSA) is 20.3 Å². The van der Waals surface area contributed by atoms with Crippen LogP contribution in [0.1, 0.15) is 16.5 Å². The van der Waals surface area contributed by atoms with Crippen molar-refractivity contribution in [3.8, 4) is 0 Å². The molecule has 0 saturated carbocycles. The minimum absolute atomic E-state index is 0.157. The molecule has 1 aliphatic rings. The number of halogens is 5. The van der Waals surface area contributed by atoms with Crippen LogP contribution in [0.2, 0.25) is 10.0 Å². The lowest BCUT2D eigenvalue weighted by atomic mass is 10.1. The second-order valence-electron chi connectivity index (χ2n) is 5.12. The quantitative estimate of drug-likeness (QED) is 0.645. The van der Waals surface area contributed by atoms with Crippen molar-refractivity contribution in [2.45, 2.75) is 11.6 Å². The van der Waals surface area contributed by atoms with E-state index in [0.29, 0.717) is 15.6 Å². The maximum atomic E-state index is 12.9. The van der Waals surface area contributed by atoms with Gasteiger partial charge in [-0.3, -0.25) is 9.69 Å². The summed E-state index contributed by atoms with van der Waals surface area (Å²) >= 11 is 13.5. The Balaban J connectivity index is 2.05. The average molecular weight is 392 g/mol. The van der Waals surface area contributed by atoms with Gasteiger partial charge in [0, 0.05) is 11.3 Å². The maximum absolute atomic E-state index is 12.9. The molecule has 0 aromatic heterocycles. The molecule has 1 heterocycles. The van der Waals surface area contributed by atoms with Gasteiger partial charge in [-0.2, -0.15) is 13.2 Å². The zero-order valence-corrected chi connectivity index (χ0v) is 14.3. The molecule has 24 heavy (non-hydrogen) atoms. The number of hydrogen-bond donors (Lipinski definition) is 0. The normalized spacial score (nSPS) is 18.3. The van der Waals surface area contributed by atoms with Crippen LogP contribution >= 0.6 is 35.0 Å². The number of rotatable bonds is 2. The van der Waals surface area contributed by atoms with Crippen LogP contribution in [-0.2, 0) is 11.0 Å². The molecule has 0 N–H and O–H groups in total. The van der Waals surface area contributed by atoms with Crippen LogP contribution < -0.4 is 4.90 Å². The number of nitrogens with zero attached hydrogens (tertiary/aromatic N) is 1. The summed E-state index contributed by atoms with van der Waals surface area (Å²) in [6, 6.07) is 9.72. The molecular formula is C16H10Cl2F3NOS. The van der Waals surface area contributed by atoms with Crippen LogP contribution in [-0.4, -0.2) is 11.7 Å². The van der Waals surface area contributed by atoms with Gasteiger partial charge >= 0.3 is 6.18 Å². The molecule has 1 amide bonds. The molecule has 0 bridgehead atoms. The smallest absolute Gasteiger partial charge is 0.295 e. The predicted molar refractivity (Wildman–Crippen MR) is 90.6 cm³/mol. The minimum Gasteiger partial charge on any atom is -0.295 e. The van der Waals surface area contributed by atoms with Gasteiger partial charge in [0.05, 0.1) is 21.4 Å². The van der Waals surface area contributed by atoms with E-state index >= 15 is 0 Å². The van der Waals surface area contributed by atoms with Crippen molar-refractivity contribution < 1.29 is 18.0 Å². The highest BCUT2D eigenvalue weighted by atomic mass is 35.5. The molecule has 0 aliphatic carbocycles. The molecule has 126 valence electrons. The molecule has 0 radical (unpaired) electrons. The molecule has 1 unspecified atom stereocenters. The average Bonchev–Trinajstić information content (AvgIpc) is 2.91. The van der Waals surface area contributed by atoms with Gasteiger partial charge in [-0.1, -0.05) is 41.4 Å². The fourth-order valence-corrected chi connectivity index (χ4v) is 4.16. The van der Waals surface area contributed by atoms with E-state index in [2.05, 4.69) is 0 Å². The van der Waals surface area contributed by atoms with Gasteiger partial charge in [-0.25, -0.2) is 0 Å². The number of alkyl halides is 3. The molecule has 2 aromatic rings. The van der Waals surface area contributed by atoms with Crippen molar-refractivity contribution >= 4 is 46.6 Å². The third-order valence-corrected chi connectivity index (χ3v) is 5.59. The van der Waals surface area contributed by atoms with Crippen LogP contribution in [0.4, 0.5) is 18.9 Å². The molecule has 2 aromatic carbocycles. The lowest BCUT2D eigenvalue weighted by molar-refractivity contribution is -0.137. The van der Waals surface area contributed by atoms with Crippen LogP contribution in [0.3, 0.4) is 0 Å². The zero-order valence-electron chi connectivity index (χ0n) is 12.0. The zero-order chi connectivity index (χ0) is 17.5. The summed E-state index contributed by atoms with van der Waals surface area (Å²) in [4.78, 5) is 13.6. The Morgan fingerprint density at radius 2 is 1.83 bits per heavy atom. The summed E-state index contributed by atoms with van der Waals surface area (Å²) < 4.78 is 38.8. The summed E-state index contributed by atoms with van der Waals surface area (Å²) in [5.74, 6) is -0.121. The molecule has 1 atom stereocenters. The lowest BCUT2D eigenvalue weighted by Gasteiger charge is -2.26. The van der Waals surface area contributed by atoms with E-state index in [-0.39, 0.29) is 17.3 Å². The summed E-state index contributed by atoms with van der Waals surface area (Å²) in [5, 5.41) is 0.105. The Morgan fingerprint density at radius 1 is 1.12 bits per heavy atom. The third-order valence-electron chi connectivity index (χ3n) is 3.57. The van der Waals surface area contributed by atoms with E-state index < -0.39 is 17.1 Å². The van der Waals surface area contributed by atoms with Crippen molar-refractivity contribution in [3.05, 3.63) is 63.6 Å². The van der Waals surface area contributed by atoms with Crippen LogP contribution in [0.5, 0.6) is 0 Å². The number of carbonyl (C=O) groups excluding carboxylic acids is 1. The molecule has 1 saturated heterocycles. The first-order valence-electron chi connectivity index (χ1n) is 6.84. The lowest BCUT2D eigenvalue weighted by Crippen LogP contribution is -2.28. The molecule has 1 aliphatic heterocycles. The molecule has 0 spiro atoms. The van der Waals surface area contributed by atoms with Gasteiger partial charge in [-0.15, -0.1) is 11.8 Å². The maximum Gasteiger partial charge on any atom is 0.416 e. The second kappa shape index (κ2) is 6.50. The van der Waals surface area contributed by atoms with E-state index in [1.54, 1.807) is 18.2 Å². The van der Waals surface area contributed by atoms with Crippen molar-refractivity contribution in [1.29, 1.82) is 0 Å². The van der Waals surface area contributed by atoms with Crippen LogP contribution in [0, 0.1) is 0 Å². The Labute approximate surface area is 150 Å². The largest absolute Gasteiger partial charge is 0.416 e. The number of carbonyl (C=O) groups is 1. The van der Waals surface area contributed by atoms with Crippen molar-refractivity contribution in [2.24, 2.45) is 0 Å². The Bertz CT molecular complexity index is 797. The summed E-state index contributed by atoms with van der Waals surface area (Å²) in [6.07, 6.45) is -4.48. The standard InChI is InChI=1S/C16H10Cl2F3NOS/c17-12-6-2-5-11(14(12)18)15-22(13(23)8-24-15)10-4-1-3-9(7-10)16(19,20)21/h1-7,15H,8H2. The molecule has 1 fully saturated rings. The van der Waals surface area contributed by atoms with Gasteiger partial charge in [0.15, 0.2) is 0 Å². The third kappa shape index (κ3) is 3.23. The number of benzene rings is 2. The second-order valence-corrected chi connectivity index (χ2v) is 6.97. The number of amides is 1. The van der Waals surface area contributed by atoms with Crippen LogP contribution in [0.25, 0.3) is 0 Å². The van der Waals surface area contributed by atoms with Gasteiger partial charge in [0.25, 0.3) is 0 Å². The van der Waals surface area contributed by atoms with Crippen molar-refractivity contribution in [2.75, 3.05) is 10.7 Å². The van der Waals surface area contributed by atoms with E-state index in [9.17, 15) is 18.0 Å². The molecular weight excluding hydrogens is 382 g/mol. The summed E-state index contributed by atoms with van der Waals surface area (Å²) in [5.41, 5.74) is -0.0288. The van der Waals surface area contributed by atoms with Gasteiger partial charge in [-0.05, 0) is 24.3 Å². The van der Waals surface area contributed by atoms with Gasteiger partial charge in [0.2, 0.25) is 5.91 Å². The fraction of sp³-hybridized carbons (Fsp3) is 0.188. The van der Waals surface area contributed by atoms with Gasteiger partial charge < -0.3 is 0 Å². The highest BCUT2D eigenvalue weighted by molar-refractivity contribution is 8.00. The van der Waals surface area contributed by atoms with E-state index in [1.807, 2.05) is 0 Å². The van der Waals surface area contributed by atoms with Crippen molar-refractivity contribution in [1.82, 2.24) is 0 Å². The number of anilines is 1. The highest BCUT2D eigenvalue weighted by Gasteiger charge is 2.37. The summed E-state index contributed by atoms with van der Waals surface area (Å²) in [6.45, 7) is 0. The fourth-order valence-electron chi connectivity index (χ4n) is 2.48. The van der Waals surface area contributed by atoms with Crippen molar-refractivity contribution in [3.63, 3.8) is 0 Å². The highest BCUT2D eigenvalue weighted by Crippen LogP contribution is 2.46. The summed E-state index contributed by atoms with van der Waals surface area (Å²) in [7, 11) is 0. The first-order valence-corrected chi connectivity index (χ1v) is 8.64. The van der Waals surface area contributed by atoms with Crippen LogP contribution in [0.15, 0.2) is 42.5 Å². The molecule has 3 rings (SSSR count). The number of hydrogen-bond acceptors (Lipinski definition) is 2. The Kier molecular flexibility index (Phi) is 4.73. The predicted octanol–water partition coefficient (Wildman–Crippen LogP) is 5.79. The Hall–Kier alpha value is -1.37. The van der Waals surface area contributed by atoms with E-state index in [0.717, 1.165) is 12.1 Å². The van der Waals surface area contributed by atoms with E-state index in [4.69, 9.17) is 23.2 Å². The first-order chi connectivity index (χ1) is 11.3. The first kappa shape index (κ1) is 17.5. The van der Waals surface area contributed by atoms with E-state index in [1.165, 1.54) is 28.8 Å².